The van der Waals surface area contributed by atoms with E-state index in [0.29, 0.717) is 6.42 Å². The molecule has 0 unspecified atom stereocenters. The molecular weight excluding hydrogens is 350 g/mol. The molecule has 0 radical (unpaired) electrons. The molecule has 1 fully saturated rings. The van der Waals surface area contributed by atoms with Gasteiger partial charge in [0, 0.05) is 49.9 Å². The minimum atomic E-state index is -1.03. The van der Waals surface area contributed by atoms with Crippen molar-refractivity contribution in [1.82, 2.24) is 9.80 Å². The van der Waals surface area contributed by atoms with Gasteiger partial charge in [-0.3, -0.25) is 9.80 Å². The third-order valence-corrected chi connectivity index (χ3v) is 5.64. The van der Waals surface area contributed by atoms with Crippen LogP contribution in [0, 0.1) is 0 Å². The van der Waals surface area contributed by atoms with Crippen molar-refractivity contribution in [2.45, 2.75) is 18.6 Å². The zero-order valence-corrected chi connectivity index (χ0v) is 15.2. The molecule has 5 nitrogen and oxygen atoms in total. The number of halogens is 1. The average molecular weight is 372 g/mol. The van der Waals surface area contributed by atoms with Gasteiger partial charge < -0.3 is 10.4 Å². The van der Waals surface area contributed by atoms with Crippen LogP contribution in [0.25, 0.3) is 0 Å². The van der Waals surface area contributed by atoms with Crippen molar-refractivity contribution in [3.63, 3.8) is 0 Å². The Labute approximate surface area is 158 Å². The van der Waals surface area contributed by atoms with Crippen molar-refractivity contribution in [3.8, 4) is 0 Å². The summed E-state index contributed by atoms with van der Waals surface area (Å²) in [6.07, 6.45) is 0.496. The van der Waals surface area contributed by atoms with E-state index in [9.17, 15) is 9.90 Å². The van der Waals surface area contributed by atoms with E-state index in [1.807, 2.05) is 48.5 Å². The molecule has 2 aliphatic rings. The van der Waals surface area contributed by atoms with Crippen LogP contribution in [0.3, 0.4) is 0 Å². The molecule has 26 heavy (non-hydrogen) atoms. The molecule has 0 bridgehead atoms. The van der Waals surface area contributed by atoms with E-state index in [1.54, 1.807) is 0 Å². The van der Waals surface area contributed by atoms with Crippen molar-refractivity contribution < 1.29 is 9.90 Å². The van der Waals surface area contributed by atoms with E-state index < -0.39 is 11.6 Å². The zero-order valence-electron chi connectivity index (χ0n) is 14.5. The first-order valence-corrected chi connectivity index (χ1v) is 9.26. The van der Waals surface area contributed by atoms with E-state index in [4.69, 9.17) is 11.6 Å². The maximum absolute atomic E-state index is 12.2. The second-order valence-electron chi connectivity index (χ2n) is 7.01. The Bertz CT molecular complexity index is 776. The molecule has 4 rings (SSSR count). The molecule has 0 spiro atoms. The van der Waals surface area contributed by atoms with Crippen LogP contribution in [0.2, 0.25) is 5.02 Å². The largest absolute Gasteiger partial charge is 0.478 e. The number of fused-ring (bicyclic) bond motifs is 1. The lowest BCUT2D eigenvalue weighted by Crippen LogP contribution is -2.64. The molecule has 1 atom stereocenters. The minimum absolute atomic E-state index is 0.496. The third-order valence-electron chi connectivity index (χ3n) is 5.39. The van der Waals surface area contributed by atoms with Crippen LogP contribution in [0.1, 0.15) is 11.1 Å². The molecule has 2 N–H and O–H groups in total. The van der Waals surface area contributed by atoms with Crippen molar-refractivity contribution in [2.75, 3.05) is 31.5 Å². The van der Waals surface area contributed by atoms with Crippen LogP contribution >= 0.6 is 11.6 Å². The highest BCUT2D eigenvalue weighted by Gasteiger charge is 2.49. The Kier molecular flexibility index (Phi) is 4.61. The van der Waals surface area contributed by atoms with Crippen LogP contribution in [0.5, 0.6) is 0 Å². The minimum Gasteiger partial charge on any atom is -0.478 e. The van der Waals surface area contributed by atoms with Gasteiger partial charge in [-0.15, -0.1) is 0 Å². The lowest BCUT2D eigenvalue weighted by Gasteiger charge is -2.43. The molecule has 0 amide bonds. The van der Waals surface area contributed by atoms with Crippen LogP contribution in [-0.4, -0.2) is 52.7 Å². The molecule has 2 aliphatic heterocycles. The number of anilines is 1. The summed E-state index contributed by atoms with van der Waals surface area (Å²) in [7, 11) is 0. The van der Waals surface area contributed by atoms with Crippen molar-refractivity contribution in [3.05, 3.63) is 64.7 Å². The topological polar surface area (TPSA) is 55.8 Å². The van der Waals surface area contributed by atoms with E-state index in [2.05, 4.69) is 15.1 Å². The number of nitrogens with zero attached hydrogens (tertiary/aromatic N) is 2. The molecule has 0 aliphatic carbocycles. The van der Waals surface area contributed by atoms with Gasteiger partial charge in [0.1, 0.15) is 0 Å². The van der Waals surface area contributed by atoms with E-state index in [-0.39, 0.29) is 0 Å². The van der Waals surface area contributed by atoms with Gasteiger partial charge in [0.2, 0.25) is 0 Å². The fourth-order valence-electron chi connectivity index (χ4n) is 3.93. The van der Waals surface area contributed by atoms with Crippen molar-refractivity contribution in [2.24, 2.45) is 0 Å². The number of nitrogens with one attached hydrogen (secondary N) is 1. The predicted octanol–water partition coefficient (Wildman–Crippen LogP) is 2.91. The Morgan fingerprint density at radius 2 is 1.77 bits per heavy atom. The number of para-hydroxylation sites is 1. The fraction of sp³-hybridized carbons (Fsp3) is 0.350. The molecule has 6 heteroatoms. The van der Waals surface area contributed by atoms with Gasteiger partial charge in [-0.25, -0.2) is 4.79 Å². The second kappa shape index (κ2) is 6.91. The lowest BCUT2D eigenvalue weighted by atomic mass is 10.0. The number of carboxylic acid groups (broad SMARTS) is 1. The predicted molar refractivity (Wildman–Crippen MR) is 102 cm³/mol. The smallest absolute Gasteiger partial charge is 0.345 e. The van der Waals surface area contributed by atoms with Crippen molar-refractivity contribution in [1.29, 1.82) is 0 Å². The molecule has 1 saturated heterocycles. The molecule has 2 heterocycles. The number of hydrogen-bond donors (Lipinski definition) is 2. The van der Waals surface area contributed by atoms with Gasteiger partial charge in [0.05, 0.1) is 0 Å². The van der Waals surface area contributed by atoms with Gasteiger partial charge in [-0.05, 0) is 29.3 Å². The highest BCUT2D eigenvalue weighted by molar-refractivity contribution is 6.30. The molecule has 0 aromatic heterocycles. The normalized spacial score (nSPS) is 23.4. The number of rotatable bonds is 4. The summed E-state index contributed by atoms with van der Waals surface area (Å²) in [6, 6.07) is 15.8. The van der Waals surface area contributed by atoms with Gasteiger partial charge >= 0.3 is 5.97 Å². The summed E-state index contributed by atoms with van der Waals surface area (Å²) in [5, 5.41) is 14.0. The van der Waals surface area contributed by atoms with Gasteiger partial charge in [-0.1, -0.05) is 41.9 Å². The first kappa shape index (κ1) is 17.3. The quantitative estimate of drug-likeness (QED) is 0.865. The maximum Gasteiger partial charge on any atom is 0.345 e. The first-order chi connectivity index (χ1) is 12.6. The van der Waals surface area contributed by atoms with Crippen LogP contribution in [-0.2, 0) is 17.8 Å². The van der Waals surface area contributed by atoms with Gasteiger partial charge in [0.25, 0.3) is 0 Å². The van der Waals surface area contributed by atoms with E-state index in [1.165, 1.54) is 5.56 Å². The van der Waals surface area contributed by atoms with Gasteiger partial charge in [0.15, 0.2) is 5.66 Å². The maximum atomic E-state index is 12.2. The monoisotopic (exact) mass is 371 g/mol. The van der Waals surface area contributed by atoms with E-state index in [0.717, 1.165) is 49.0 Å². The second-order valence-corrected chi connectivity index (χ2v) is 7.45. The SMILES string of the molecule is O=C(O)[C@@]1(N2CCN(Cc3ccc(Cl)cc3)CC2)Cc2ccccc2N1. The first-order valence-electron chi connectivity index (χ1n) is 8.88. The average Bonchev–Trinajstić information content (AvgIpc) is 3.05. The summed E-state index contributed by atoms with van der Waals surface area (Å²) in [5.74, 6) is -0.806. The Morgan fingerprint density at radius 3 is 2.42 bits per heavy atom. The standard InChI is InChI=1S/C20H22ClN3O2/c21-17-7-5-15(6-8-17)14-23-9-11-24(12-10-23)20(19(25)26)13-16-3-1-2-4-18(16)22-20/h1-8,22H,9-14H2,(H,25,26)/t20-/m0/s1. The number of carbonyl (C=O) groups is 1. The molecule has 2 aromatic carbocycles. The zero-order chi connectivity index (χ0) is 18.1. The molecule has 0 saturated carbocycles. The van der Waals surface area contributed by atoms with E-state index >= 15 is 0 Å². The fourth-order valence-corrected chi connectivity index (χ4v) is 4.06. The third kappa shape index (κ3) is 3.18. The Morgan fingerprint density at radius 1 is 1.08 bits per heavy atom. The summed E-state index contributed by atoms with van der Waals surface area (Å²) < 4.78 is 0. The van der Waals surface area contributed by atoms with Crippen LogP contribution in [0.4, 0.5) is 5.69 Å². The summed E-state index contributed by atoms with van der Waals surface area (Å²) in [6.45, 7) is 3.99. The highest BCUT2D eigenvalue weighted by Crippen LogP contribution is 2.35. The number of hydrogen-bond acceptors (Lipinski definition) is 4. The molecule has 2 aromatic rings. The number of piperazine rings is 1. The number of carboxylic acids is 1. The summed E-state index contributed by atoms with van der Waals surface area (Å²) in [4.78, 5) is 16.6. The number of benzene rings is 2. The molecule has 136 valence electrons. The lowest BCUT2D eigenvalue weighted by molar-refractivity contribution is -0.150. The summed E-state index contributed by atoms with van der Waals surface area (Å²) in [5.41, 5.74) is 2.19. The summed E-state index contributed by atoms with van der Waals surface area (Å²) >= 11 is 5.95. The molecular formula is C20H22ClN3O2. The van der Waals surface area contributed by atoms with Crippen LogP contribution < -0.4 is 5.32 Å². The highest BCUT2D eigenvalue weighted by atomic mass is 35.5. The van der Waals surface area contributed by atoms with Crippen LogP contribution in [0.15, 0.2) is 48.5 Å². The van der Waals surface area contributed by atoms with Gasteiger partial charge in [-0.2, -0.15) is 0 Å². The Balaban J connectivity index is 1.43. The van der Waals surface area contributed by atoms with Crippen molar-refractivity contribution >= 4 is 23.3 Å². The Hall–Kier alpha value is -2.08. The number of aliphatic carboxylic acids is 1.